The van der Waals surface area contributed by atoms with Crippen LogP contribution in [0.2, 0.25) is 0 Å². The van der Waals surface area contributed by atoms with E-state index in [9.17, 15) is 4.79 Å². The third-order valence-corrected chi connectivity index (χ3v) is 7.48. The van der Waals surface area contributed by atoms with Crippen molar-refractivity contribution in [2.75, 3.05) is 0 Å². The Balaban J connectivity index is 1.25. The van der Waals surface area contributed by atoms with Gasteiger partial charge in [-0.15, -0.1) is 0 Å². The second kappa shape index (κ2) is 10.3. The third kappa shape index (κ3) is 6.09. The number of hydrogen-bond donors (Lipinski definition) is 0. The Morgan fingerprint density at radius 3 is 2.00 bits per heavy atom. The fourth-order valence-electron chi connectivity index (χ4n) is 5.32. The van der Waals surface area contributed by atoms with Gasteiger partial charge in [0, 0.05) is 0 Å². The number of allylic oxidation sites excluding steroid dienone is 1. The molecule has 0 atom stereocenters. The number of ether oxygens (including phenoxy) is 1. The SMILES string of the molecule is Cc1ccc(OC(=O)c2ccc(/C=C/C3CCC(C4CCC(C)CC4)CC3)cc2)cc1. The van der Waals surface area contributed by atoms with Crippen LogP contribution in [-0.4, -0.2) is 5.97 Å². The molecule has 0 spiro atoms. The molecule has 0 aliphatic heterocycles. The molecule has 2 aromatic rings. The number of esters is 1. The second-order valence-corrected chi connectivity index (χ2v) is 9.88. The smallest absolute Gasteiger partial charge is 0.343 e. The Morgan fingerprint density at radius 1 is 0.806 bits per heavy atom. The van der Waals surface area contributed by atoms with E-state index >= 15 is 0 Å². The molecule has 0 radical (unpaired) electrons. The van der Waals surface area contributed by atoms with Crippen molar-refractivity contribution in [1.29, 1.82) is 0 Å². The molecule has 2 nitrogen and oxygen atoms in total. The van der Waals surface area contributed by atoms with Crippen LogP contribution in [-0.2, 0) is 0 Å². The molecule has 2 saturated carbocycles. The molecular weight excluding hydrogens is 380 g/mol. The van der Waals surface area contributed by atoms with E-state index in [0.29, 0.717) is 17.2 Å². The summed E-state index contributed by atoms with van der Waals surface area (Å²) in [7, 11) is 0. The van der Waals surface area contributed by atoms with Crippen LogP contribution in [0.1, 0.15) is 79.8 Å². The average Bonchev–Trinajstić information content (AvgIpc) is 2.80. The van der Waals surface area contributed by atoms with Crippen molar-refractivity contribution < 1.29 is 9.53 Å². The first-order valence-electron chi connectivity index (χ1n) is 12.1. The van der Waals surface area contributed by atoms with Crippen molar-refractivity contribution in [2.45, 2.75) is 65.2 Å². The Bertz CT molecular complexity index is 862. The Morgan fingerprint density at radius 2 is 1.39 bits per heavy atom. The molecule has 164 valence electrons. The Labute approximate surface area is 187 Å². The monoisotopic (exact) mass is 416 g/mol. The minimum absolute atomic E-state index is 0.310. The lowest BCUT2D eigenvalue weighted by Crippen LogP contribution is -2.24. The summed E-state index contributed by atoms with van der Waals surface area (Å²) in [5.41, 5.74) is 2.88. The highest BCUT2D eigenvalue weighted by molar-refractivity contribution is 5.91. The van der Waals surface area contributed by atoms with Gasteiger partial charge in [-0.25, -0.2) is 4.79 Å². The maximum Gasteiger partial charge on any atom is 0.343 e. The Hall–Kier alpha value is -2.35. The van der Waals surface area contributed by atoms with Crippen molar-refractivity contribution >= 4 is 12.0 Å². The van der Waals surface area contributed by atoms with Crippen molar-refractivity contribution in [1.82, 2.24) is 0 Å². The number of carbonyl (C=O) groups is 1. The van der Waals surface area contributed by atoms with Gasteiger partial charge in [0.15, 0.2) is 0 Å². The van der Waals surface area contributed by atoms with Crippen LogP contribution >= 0.6 is 0 Å². The maximum absolute atomic E-state index is 12.4. The van der Waals surface area contributed by atoms with Gasteiger partial charge in [0.1, 0.15) is 5.75 Å². The third-order valence-electron chi connectivity index (χ3n) is 7.48. The second-order valence-electron chi connectivity index (χ2n) is 9.88. The van der Waals surface area contributed by atoms with Gasteiger partial charge in [0.2, 0.25) is 0 Å². The van der Waals surface area contributed by atoms with Gasteiger partial charge in [0.25, 0.3) is 0 Å². The maximum atomic E-state index is 12.4. The molecule has 0 bridgehead atoms. The molecule has 31 heavy (non-hydrogen) atoms. The van der Waals surface area contributed by atoms with E-state index in [1.165, 1.54) is 51.4 Å². The molecule has 2 aromatic carbocycles. The lowest BCUT2D eigenvalue weighted by molar-refractivity contribution is 0.0734. The van der Waals surface area contributed by atoms with Crippen molar-refractivity contribution in [2.24, 2.45) is 23.7 Å². The van der Waals surface area contributed by atoms with E-state index in [-0.39, 0.29) is 5.97 Å². The normalized spacial score (nSPS) is 26.6. The molecule has 2 aliphatic rings. The van der Waals surface area contributed by atoms with Crippen LogP contribution in [0.15, 0.2) is 54.6 Å². The predicted octanol–water partition coefficient (Wildman–Crippen LogP) is 7.86. The topological polar surface area (TPSA) is 26.3 Å². The zero-order valence-electron chi connectivity index (χ0n) is 19.1. The van der Waals surface area contributed by atoms with Crippen LogP contribution in [0, 0.1) is 30.6 Å². The van der Waals surface area contributed by atoms with Crippen molar-refractivity contribution in [3.05, 3.63) is 71.3 Å². The first kappa shape index (κ1) is 21.9. The fraction of sp³-hybridized carbons (Fsp3) is 0.483. The average molecular weight is 417 g/mol. The number of benzene rings is 2. The number of rotatable bonds is 5. The van der Waals surface area contributed by atoms with Crippen LogP contribution in [0.3, 0.4) is 0 Å². The highest BCUT2D eigenvalue weighted by atomic mass is 16.5. The summed E-state index contributed by atoms with van der Waals surface area (Å²) in [6.45, 7) is 4.43. The number of hydrogen-bond acceptors (Lipinski definition) is 2. The molecule has 0 saturated heterocycles. The first-order chi connectivity index (χ1) is 15.1. The zero-order chi connectivity index (χ0) is 21.6. The summed E-state index contributed by atoms with van der Waals surface area (Å²) < 4.78 is 5.46. The van der Waals surface area contributed by atoms with Gasteiger partial charge in [0.05, 0.1) is 5.56 Å². The summed E-state index contributed by atoms with van der Waals surface area (Å²) in [5.74, 6) is 3.88. The molecule has 2 heteroatoms. The molecule has 0 N–H and O–H groups in total. The van der Waals surface area contributed by atoms with Gasteiger partial charge in [-0.05, 0) is 98.9 Å². The van der Waals surface area contributed by atoms with Gasteiger partial charge in [-0.3, -0.25) is 0 Å². The predicted molar refractivity (Wildman–Crippen MR) is 128 cm³/mol. The minimum Gasteiger partial charge on any atom is -0.423 e. The van der Waals surface area contributed by atoms with Crippen molar-refractivity contribution in [3.63, 3.8) is 0 Å². The standard InChI is InChI=1S/C29H36O2/c1-21-3-13-25(14-4-21)26-15-9-23(10-16-26)7-8-24-11-17-27(18-12-24)29(30)31-28-19-5-22(2)6-20-28/h5-8,11-12,17-21,23,25-26H,3-4,9-10,13-16H2,1-2H3/b8-7+. The van der Waals surface area contributed by atoms with E-state index in [2.05, 4.69) is 19.1 Å². The number of carbonyl (C=O) groups excluding carboxylic acids is 1. The van der Waals surface area contributed by atoms with Crippen molar-refractivity contribution in [3.8, 4) is 5.75 Å². The van der Waals surface area contributed by atoms with E-state index in [0.717, 1.165) is 28.9 Å². The van der Waals surface area contributed by atoms with Crippen LogP contribution in [0.5, 0.6) is 5.75 Å². The van der Waals surface area contributed by atoms with Gasteiger partial charge >= 0.3 is 5.97 Å². The van der Waals surface area contributed by atoms with E-state index < -0.39 is 0 Å². The summed E-state index contributed by atoms with van der Waals surface area (Å²) in [6, 6.07) is 15.3. The van der Waals surface area contributed by atoms with E-state index in [1.54, 1.807) is 0 Å². The van der Waals surface area contributed by atoms with Gasteiger partial charge in [-0.2, -0.15) is 0 Å². The van der Waals surface area contributed by atoms with Gasteiger partial charge in [-0.1, -0.05) is 61.7 Å². The lowest BCUT2D eigenvalue weighted by Gasteiger charge is -2.36. The highest BCUT2D eigenvalue weighted by Crippen LogP contribution is 2.41. The number of aryl methyl sites for hydroxylation is 1. The molecule has 2 fully saturated rings. The van der Waals surface area contributed by atoms with E-state index in [1.807, 2.05) is 55.5 Å². The molecule has 0 heterocycles. The first-order valence-corrected chi connectivity index (χ1v) is 12.1. The highest BCUT2D eigenvalue weighted by Gasteiger charge is 2.29. The fourth-order valence-corrected chi connectivity index (χ4v) is 5.32. The molecule has 0 unspecified atom stereocenters. The molecule has 2 aliphatic carbocycles. The largest absolute Gasteiger partial charge is 0.423 e. The molecule has 0 aromatic heterocycles. The summed E-state index contributed by atoms with van der Waals surface area (Å²) >= 11 is 0. The van der Waals surface area contributed by atoms with Gasteiger partial charge < -0.3 is 4.74 Å². The van der Waals surface area contributed by atoms with E-state index in [4.69, 9.17) is 4.74 Å². The Kier molecular flexibility index (Phi) is 7.27. The molecule has 0 amide bonds. The molecule has 4 rings (SSSR count). The summed E-state index contributed by atoms with van der Waals surface area (Å²) in [4.78, 5) is 12.4. The quantitative estimate of drug-likeness (QED) is 0.366. The minimum atomic E-state index is -0.310. The van der Waals surface area contributed by atoms with Crippen LogP contribution in [0.4, 0.5) is 0 Å². The summed E-state index contributed by atoms with van der Waals surface area (Å²) in [6.07, 6.45) is 15.9. The van der Waals surface area contributed by atoms with Crippen LogP contribution < -0.4 is 4.74 Å². The zero-order valence-corrected chi connectivity index (χ0v) is 19.1. The molecular formula is C29H36O2. The van der Waals surface area contributed by atoms with Crippen LogP contribution in [0.25, 0.3) is 6.08 Å². The lowest BCUT2D eigenvalue weighted by atomic mass is 9.69. The summed E-state index contributed by atoms with van der Waals surface area (Å²) in [5, 5.41) is 0.